The van der Waals surface area contributed by atoms with Crippen LogP contribution in [0.15, 0.2) is 66.9 Å². The summed E-state index contributed by atoms with van der Waals surface area (Å²) in [7, 11) is 3.35. The normalized spacial score (nSPS) is 10.7. The summed E-state index contributed by atoms with van der Waals surface area (Å²) in [6, 6.07) is 19.0. The van der Waals surface area contributed by atoms with Gasteiger partial charge in [-0.2, -0.15) is 5.10 Å². The van der Waals surface area contributed by atoms with Crippen molar-refractivity contribution in [3.63, 3.8) is 0 Å². The number of methoxy groups -OCH3 is 1. The number of anilines is 1. The molecule has 0 saturated carbocycles. The Bertz CT molecular complexity index is 1120. The van der Waals surface area contributed by atoms with Gasteiger partial charge in [0.25, 0.3) is 5.91 Å². The molecule has 0 bridgehead atoms. The van der Waals surface area contributed by atoms with Gasteiger partial charge in [-0.25, -0.2) is 0 Å². The van der Waals surface area contributed by atoms with Gasteiger partial charge in [0.2, 0.25) is 0 Å². The topological polar surface area (TPSA) is 69.0 Å². The van der Waals surface area contributed by atoms with Crippen molar-refractivity contribution in [2.45, 2.75) is 0 Å². The van der Waals surface area contributed by atoms with Crippen molar-refractivity contribution < 1.29 is 9.53 Å². The molecule has 1 N–H and O–H groups in total. The summed E-state index contributed by atoms with van der Waals surface area (Å²) in [6.45, 7) is 0. The van der Waals surface area contributed by atoms with Crippen LogP contribution in [0.2, 0.25) is 0 Å². The van der Waals surface area contributed by atoms with Gasteiger partial charge in [0.05, 0.1) is 24.0 Å². The standard InChI is InChI=1S/C21H18N4O2/c1-25-19(13-17(24-25)14-7-4-3-5-8-14)21(26)23-18-12-16(27-2)11-15-9-6-10-22-20(15)18/h3-13H,1-2H3,(H,23,26). The third kappa shape index (κ3) is 3.25. The highest BCUT2D eigenvalue weighted by atomic mass is 16.5. The predicted octanol–water partition coefficient (Wildman–Crippen LogP) is 3.90. The molecule has 134 valence electrons. The van der Waals surface area contributed by atoms with Gasteiger partial charge in [0, 0.05) is 30.3 Å². The molecule has 0 unspecified atom stereocenters. The SMILES string of the molecule is COc1cc(NC(=O)c2cc(-c3ccccc3)nn2C)c2ncccc2c1. The maximum Gasteiger partial charge on any atom is 0.274 e. The van der Waals surface area contributed by atoms with Crippen LogP contribution in [0.4, 0.5) is 5.69 Å². The minimum absolute atomic E-state index is 0.257. The lowest BCUT2D eigenvalue weighted by molar-refractivity contribution is 0.101. The lowest BCUT2D eigenvalue weighted by atomic mass is 10.1. The molecule has 4 rings (SSSR count). The fraction of sp³-hybridized carbons (Fsp3) is 0.0952. The van der Waals surface area contributed by atoms with Crippen molar-refractivity contribution in [1.29, 1.82) is 0 Å². The molecule has 0 atom stereocenters. The number of hydrogen-bond acceptors (Lipinski definition) is 4. The van der Waals surface area contributed by atoms with E-state index in [0.29, 0.717) is 22.6 Å². The molecule has 0 saturated heterocycles. The predicted molar refractivity (Wildman–Crippen MR) is 105 cm³/mol. The second-order valence-corrected chi connectivity index (χ2v) is 6.11. The third-order valence-corrected chi connectivity index (χ3v) is 4.34. The number of carbonyl (C=O) groups excluding carboxylic acids is 1. The fourth-order valence-electron chi connectivity index (χ4n) is 2.99. The van der Waals surface area contributed by atoms with E-state index in [1.54, 1.807) is 37.2 Å². The summed E-state index contributed by atoms with van der Waals surface area (Å²) >= 11 is 0. The number of rotatable bonds is 4. The van der Waals surface area contributed by atoms with Crippen molar-refractivity contribution in [2.24, 2.45) is 7.05 Å². The Balaban J connectivity index is 1.69. The Morgan fingerprint density at radius 1 is 1.07 bits per heavy atom. The molecule has 2 aromatic carbocycles. The van der Waals surface area contributed by atoms with Crippen molar-refractivity contribution in [3.8, 4) is 17.0 Å². The summed E-state index contributed by atoms with van der Waals surface area (Å²) in [5.74, 6) is 0.396. The molecule has 4 aromatic rings. The number of carbonyl (C=O) groups is 1. The molecule has 2 aromatic heterocycles. The van der Waals surface area contributed by atoms with Crippen LogP contribution >= 0.6 is 0 Å². The van der Waals surface area contributed by atoms with E-state index in [0.717, 1.165) is 16.6 Å². The molecule has 0 radical (unpaired) electrons. The van der Waals surface area contributed by atoms with Crippen molar-refractivity contribution in [3.05, 3.63) is 72.6 Å². The number of nitrogens with one attached hydrogen (secondary N) is 1. The second kappa shape index (κ2) is 6.92. The first-order valence-electron chi connectivity index (χ1n) is 8.49. The van der Waals surface area contributed by atoms with E-state index in [4.69, 9.17) is 4.74 Å². The molecule has 0 spiro atoms. The van der Waals surface area contributed by atoms with Gasteiger partial charge in [-0.15, -0.1) is 0 Å². The molecule has 6 nitrogen and oxygen atoms in total. The maximum absolute atomic E-state index is 12.9. The molecule has 0 aliphatic carbocycles. The molecular formula is C21H18N4O2. The van der Waals surface area contributed by atoms with Crippen LogP contribution in [0, 0.1) is 0 Å². The number of amides is 1. The molecule has 27 heavy (non-hydrogen) atoms. The highest BCUT2D eigenvalue weighted by Gasteiger charge is 2.16. The first-order valence-corrected chi connectivity index (χ1v) is 8.49. The maximum atomic E-state index is 12.9. The first-order chi connectivity index (χ1) is 13.2. The summed E-state index contributed by atoms with van der Waals surface area (Å²) in [5.41, 5.74) is 3.47. The number of ether oxygens (including phenoxy) is 1. The number of aryl methyl sites for hydroxylation is 1. The van der Waals surface area contributed by atoms with E-state index in [2.05, 4.69) is 15.4 Å². The highest BCUT2D eigenvalue weighted by Crippen LogP contribution is 2.28. The molecule has 1 amide bonds. The van der Waals surface area contributed by atoms with E-state index in [1.165, 1.54) is 0 Å². The first kappa shape index (κ1) is 16.8. The zero-order chi connectivity index (χ0) is 18.8. The lowest BCUT2D eigenvalue weighted by Gasteiger charge is -2.10. The highest BCUT2D eigenvalue weighted by molar-refractivity contribution is 6.08. The summed E-state index contributed by atoms with van der Waals surface area (Å²) in [5, 5.41) is 8.29. The fourth-order valence-corrected chi connectivity index (χ4v) is 2.99. The van der Waals surface area contributed by atoms with E-state index in [1.807, 2.05) is 48.5 Å². The summed E-state index contributed by atoms with van der Waals surface area (Å²) in [6.07, 6.45) is 1.70. The van der Waals surface area contributed by atoms with Crippen LogP contribution in [-0.4, -0.2) is 27.8 Å². The smallest absolute Gasteiger partial charge is 0.274 e. The second-order valence-electron chi connectivity index (χ2n) is 6.11. The monoisotopic (exact) mass is 358 g/mol. The number of benzene rings is 2. The van der Waals surface area contributed by atoms with Crippen molar-refractivity contribution >= 4 is 22.5 Å². The van der Waals surface area contributed by atoms with Crippen LogP contribution in [0.1, 0.15) is 10.5 Å². The average molecular weight is 358 g/mol. The zero-order valence-electron chi connectivity index (χ0n) is 15.0. The van der Waals surface area contributed by atoms with E-state index < -0.39 is 0 Å². The Morgan fingerprint density at radius 3 is 2.67 bits per heavy atom. The molecule has 0 aliphatic heterocycles. The molecule has 6 heteroatoms. The van der Waals surface area contributed by atoms with Gasteiger partial charge in [-0.3, -0.25) is 14.5 Å². The van der Waals surface area contributed by atoms with E-state index in [9.17, 15) is 4.79 Å². The number of hydrogen-bond donors (Lipinski definition) is 1. The van der Waals surface area contributed by atoms with Gasteiger partial charge < -0.3 is 10.1 Å². The van der Waals surface area contributed by atoms with E-state index >= 15 is 0 Å². The summed E-state index contributed by atoms with van der Waals surface area (Å²) < 4.78 is 6.92. The Morgan fingerprint density at radius 2 is 1.89 bits per heavy atom. The largest absolute Gasteiger partial charge is 0.497 e. The van der Waals surface area contributed by atoms with Crippen LogP contribution in [0.5, 0.6) is 5.75 Å². The number of nitrogens with zero attached hydrogens (tertiary/aromatic N) is 3. The van der Waals surface area contributed by atoms with Crippen LogP contribution in [0.3, 0.4) is 0 Å². The zero-order valence-corrected chi connectivity index (χ0v) is 15.0. The minimum Gasteiger partial charge on any atom is -0.497 e. The van der Waals surface area contributed by atoms with Gasteiger partial charge in [0.1, 0.15) is 11.4 Å². The Kier molecular flexibility index (Phi) is 4.30. The van der Waals surface area contributed by atoms with Crippen LogP contribution in [0.25, 0.3) is 22.2 Å². The quantitative estimate of drug-likeness (QED) is 0.601. The van der Waals surface area contributed by atoms with Gasteiger partial charge in [-0.1, -0.05) is 36.4 Å². The number of fused-ring (bicyclic) bond motifs is 1. The molecular weight excluding hydrogens is 340 g/mol. The Labute approximate surface area is 156 Å². The van der Waals surface area contributed by atoms with Crippen molar-refractivity contribution in [2.75, 3.05) is 12.4 Å². The van der Waals surface area contributed by atoms with Gasteiger partial charge >= 0.3 is 0 Å². The van der Waals surface area contributed by atoms with Gasteiger partial charge in [-0.05, 0) is 18.2 Å². The molecule has 0 fully saturated rings. The Hall–Kier alpha value is -3.67. The molecule has 0 aliphatic rings. The minimum atomic E-state index is -0.257. The number of pyridine rings is 1. The third-order valence-electron chi connectivity index (χ3n) is 4.34. The summed E-state index contributed by atoms with van der Waals surface area (Å²) in [4.78, 5) is 17.3. The van der Waals surface area contributed by atoms with Crippen molar-refractivity contribution in [1.82, 2.24) is 14.8 Å². The number of aromatic nitrogens is 3. The van der Waals surface area contributed by atoms with Crippen LogP contribution in [-0.2, 0) is 7.05 Å². The van der Waals surface area contributed by atoms with Crippen LogP contribution < -0.4 is 10.1 Å². The van der Waals surface area contributed by atoms with Gasteiger partial charge in [0.15, 0.2) is 0 Å². The van der Waals surface area contributed by atoms with E-state index in [-0.39, 0.29) is 5.91 Å². The average Bonchev–Trinajstić information content (AvgIpc) is 3.10. The molecule has 2 heterocycles. The lowest BCUT2D eigenvalue weighted by Crippen LogP contribution is -2.16.